The van der Waals surface area contributed by atoms with E-state index >= 15 is 0 Å². The lowest BCUT2D eigenvalue weighted by molar-refractivity contribution is -0.122. The summed E-state index contributed by atoms with van der Waals surface area (Å²) in [6.07, 6.45) is 5.00. The Morgan fingerprint density at radius 3 is 1.14 bits per heavy atom. The van der Waals surface area contributed by atoms with Crippen molar-refractivity contribution in [2.75, 3.05) is 143 Å². The molecule has 0 atom stereocenters. The SMILES string of the molecule is C=CS(=O)(=O)Nc1cccc(C)c1.CC(=O)Nc1ccc(C)cc1.CCCS(=O)(=O)Nc1cccc(C)c1.CCN(CC)S(=O)(=O)Nc1cccc(C)c1.CCNC(=O)c1ccc(C)cc1.CNCCNC(=O)c1ccc(C)cc1.COCC(=O)Nc1ccc(C)cc1.COCCNC(=O)c1ccc(C)cc1.Cc1ccc(C(=O)N2CCCN(C)CC2)cc1.Cc1ccc(C(N)=O)cc1.Cc1ccc(NC(=O)C2CCC2)cc1. The summed E-state index contributed by atoms with van der Waals surface area (Å²) in [6, 6.07) is 82.6. The van der Waals surface area contributed by atoms with Crippen molar-refractivity contribution in [3.05, 3.63) is 368 Å². The standard InChI is InChI=1S/C14H20N2O.C12H15NO.C11H18N2O2S.C11H16N2O.C11H15NO2.C10H15NO2S.C10H13NO2.C10H13NO.C9H11NO2S.C9H11NO.C8H9NO/c1-12-4-6-13(7-5-12)14(17)16-9-3-8-15(2)10-11-16;1-9-5-7-11(8-6-9)13-12(14)10-3-2-4-10;1-4-13(5-2)16(14,15)12-11-8-6-7-10(3)9-11;1-9-3-5-10(6-4-9)11(14)13-8-7-12-2;1-9-3-5-10(6-4-9)11(13)12-7-8-14-2;1-3-7-14(12,13)11-10-6-4-5-9(2)8-10;1-8-3-5-9(6-4-8)11-10(12)7-13-2;1-3-11-10(12)9-6-4-8(2)5-7-9;1-3-13(11,12)10-9-6-4-5-8(2)7-9;1-7-3-5-9(6-4-7)10-8(2)11;1-6-2-4-7(5-3-6)8(9)10/h4-7H,3,8-11H2,1-2H3;5-8,10H,2-4H2,1H3,(H,13,14);6-9,12H,4-5H2,1-3H3;3-6,12H,7-8H2,1-2H3,(H,13,14);3-6H,7-8H2,1-2H3,(H,12,13);4-6,8,11H,3,7H2,1-2H3;3-6H,7H2,1-2H3,(H,11,12);4-7H,3H2,1-2H3,(H,11,12);3-7,10H,1H2,2H3;3-6H,1-2H3,(H,10,11);2-5H,1H3,(H2,9,10). The molecule has 0 unspecified atom stereocenters. The van der Waals surface area contributed by atoms with Gasteiger partial charge in [0.1, 0.15) is 6.61 Å². The van der Waals surface area contributed by atoms with Crippen molar-refractivity contribution in [3.8, 4) is 0 Å². The van der Waals surface area contributed by atoms with Crippen molar-refractivity contribution in [1.82, 2.24) is 35.4 Å². The Labute approximate surface area is 879 Å². The van der Waals surface area contributed by atoms with Gasteiger partial charge in [-0.1, -0.05) is 212 Å². The highest BCUT2D eigenvalue weighted by Gasteiger charge is 2.26. The molecule has 13 rings (SSSR count). The van der Waals surface area contributed by atoms with Crippen molar-refractivity contribution in [2.45, 2.75) is 143 Å². The first-order valence-corrected chi connectivity index (χ1v) is 53.7. The van der Waals surface area contributed by atoms with Gasteiger partial charge in [0.15, 0.2) is 0 Å². The predicted octanol–water partition coefficient (Wildman–Crippen LogP) is 19.2. The van der Waals surface area contributed by atoms with E-state index in [0.717, 1.165) is 119 Å². The third kappa shape index (κ3) is 56.0. The van der Waals surface area contributed by atoms with Crippen LogP contribution in [0.2, 0.25) is 0 Å². The summed E-state index contributed by atoms with van der Waals surface area (Å²) in [7, 11) is -2.86. The van der Waals surface area contributed by atoms with Gasteiger partial charge in [-0.3, -0.25) is 52.5 Å². The fourth-order valence-corrected chi connectivity index (χ4v) is 15.9. The number of nitrogens with one attached hydrogen (secondary N) is 10. The molecule has 1 aliphatic heterocycles. The molecule has 1 aliphatic carbocycles. The summed E-state index contributed by atoms with van der Waals surface area (Å²) in [5, 5.41) is 20.5. The Morgan fingerprint density at radius 2 is 0.784 bits per heavy atom. The number of aryl methyl sites for hydroxylation is 11. The molecule has 800 valence electrons. The van der Waals surface area contributed by atoms with Gasteiger partial charge >= 0.3 is 10.2 Å². The zero-order valence-corrected chi connectivity index (χ0v) is 92.1. The molecule has 0 bridgehead atoms. The highest BCUT2D eigenvalue weighted by molar-refractivity contribution is 7.95. The first-order valence-electron chi connectivity index (χ1n) is 49.1. The van der Waals surface area contributed by atoms with E-state index in [2.05, 4.69) is 74.6 Å². The molecule has 1 saturated heterocycles. The molecule has 0 spiro atoms. The molecule has 11 aromatic carbocycles. The van der Waals surface area contributed by atoms with Gasteiger partial charge in [-0.25, -0.2) is 16.8 Å². The van der Waals surface area contributed by atoms with E-state index in [4.69, 9.17) is 10.5 Å². The maximum atomic E-state index is 12.3. The van der Waals surface area contributed by atoms with Crippen molar-refractivity contribution in [1.29, 1.82) is 0 Å². The minimum atomic E-state index is -3.41. The largest absolute Gasteiger partial charge is 0.383 e. The van der Waals surface area contributed by atoms with Crippen molar-refractivity contribution < 1.29 is 73.1 Å². The van der Waals surface area contributed by atoms with Gasteiger partial charge in [0.25, 0.3) is 33.7 Å². The number of amides is 8. The zero-order chi connectivity index (χ0) is 110. The van der Waals surface area contributed by atoms with E-state index in [1.807, 2.05) is 334 Å². The van der Waals surface area contributed by atoms with Crippen LogP contribution in [0, 0.1) is 82.1 Å². The fourth-order valence-electron chi connectivity index (χ4n) is 13.0. The topological polar surface area (TPSA) is 413 Å². The second-order valence-electron chi connectivity index (χ2n) is 35.0. The van der Waals surface area contributed by atoms with E-state index in [1.54, 1.807) is 55.6 Å². The number of nitrogens with two attached hydrogens (primary N) is 1. The highest BCUT2D eigenvalue weighted by atomic mass is 32.2. The molecule has 8 amide bonds. The normalized spacial score (nSPS) is 11.7. The van der Waals surface area contributed by atoms with Gasteiger partial charge in [-0.2, -0.15) is 12.7 Å². The summed E-state index contributed by atoms with van der Waals surface area (Å²) >= 11 is 0. The number of benzene rings is 11. The molecule has 148 heavy (non-hydrogen) atoms. The molecule has 1 saturated carbocycles. The van der Waals surface area contributed by atoms with Crippen LogP contribution in [0.3, 0.4) is 0 Å². The van der Waals surface area contributed by atoms with Gasteiger partial charge in [-0.05, 0) is 280 Å². The first-order chi connectivity index (χ1) is 70.3. The average molecular weight is 2090 g/mol. The molecule has 11 aromatic rings. The number of carbonyl (C=O) groups is 8. The maximum Gasteiger partial charge on any atom is 0.301 e. The molecule has 33 heteroatoms. The molecule has 0 radical (unpaired) electrons. The number of hydrogen-bond donors (Lipinski definition) is 11. The second kappa shape index (κ2) is 70.7. The second-order valence-corrected chi connectivity index (χ2v) is 40.2. The molecule has 0 aromatic heterocycles. The van der Waals surface area contributed by atoms with Crippen LogP contribution in [0.1, 0.15) is 180 Å². The van der Waals surface area contributed by atoms with Crippen molar-refractivity contribution in [2.24, 2.45) is 11.7 Å². The van der Waals surface area contributed by atoms with Crippen LogP contribution in [0.15, 0.2) is 279 Å². The summed E-state index contributed by atoms with van der Waals surface area (Å²) in [6.45, 7) is 41.9. The molecule has 12 N–H and O–H groups in total. The van der Waals surface area contributed by atoms with Crippen LogP contribution < -0.4 is 57.1 Å². The smallest absolute Gasteiger partial charge is 0.301 e. The average Bonchev–Trinajstić information content (AvgIpc) is 0.947. The van der Waals surface area contributed by atoms with Gasteiger partial charge in [0, 0.05) is 148 Å². The number of methoxy groups -OCH3 is 2. The Balaban J connectivity index is 0.000000419. The summed E-state index contributed by atoms with van der Waals surface area (Å²) in [5.74, 6) is 0.165. The van der Waals surface area contributed by atoms with Crippen LogP contribution in [0.25, 0.3) is 0 Å². The Hall–Kier alpha value is -14.0. The van der Waals surface area contributed by atoms with Crippen molar-refractivity contribution in [3.63, 3.8) is 0 Å². The number of likely N-dealkylation sites (N-methyl/N-ethyl adjacent to an activating group) is 2. The van der Waals surface area contributed by atoms with E-state index in [1.165, 1.54) is 52.6 Å². The number of ether oxygens (including phenoxy) is 2. The molecular weight excluding hydrogens is 1930 g/mol. The number of anilines is 6. The number of rotatable bonds is 30. The zero-order valence-electron chi connectivity index (χ0n) is 89.7. The third-order valence-corrected chi connectivity index (χ3v) is 25.7. The van der Waals surface area contributed by atoms with E-state index in [0.29, 0.717) is 79.5 Å². The Bertz CT molecular complexity index is 6120. The number of primary amides is 1. The maximum absolute atomic E-state index is 12.3. The van der Waals surface area contributed by atoms with Crippen LogP contribution >= 0.6 is 0 Å². The van der Waals surface area contributed by atoms with Crippen molar-refractivity contribution >= 4 is 112 Å². The summed E-state index contributed by atoms with van der Waals surface area (Å²) in [4.78, 5) is 94.5. The van der Waals surface area contributed by atoms with Crippen LogP contribution in [-0.2, 0) is 54.1 Å². The third-order valence-electron chi connectivity index (χ3n) is 21.5. The molecule has 30 nitrogen and oxygen atoms in total. The van der Waals surface area contributed by atoms with Gasteiger partial charge in [-0.15, -0.1) is 0 Å². The van der Waals surface area contributed by atoms with E-state index in [9.17, 15) is 63.6 Å². The lowest BCUT2D eigenvalue weighted by Crippen LogP contribution is -2.35. The summed E-state index contributed by atoms with van der Waals surface area (Å²) < 4.78 is 87.0. The van der Waals surface area contributed by atoms with Crippen LogP contribution in [-0.4, -0.2) is 199 Å². The quantitative estimate of drug-likeness (QED) is 0.0186. The number of sulfonamides is 2. The minimum absolute atomic E-state index is 0.00231. The van der Waals surface area contributed by atoms with Gasteiger partial charge in [0.2, 0.25) is 33.7 Å². The predicted molar refractivity (Wildman–Crippen MR) is 605 cm³/mol. The molecular formula is C115H156N14O16S3. The number of carbonyl (C=O) groups excluding carboxylic acids is 8. The molecule has 2 fully saturated rings. The number of nitrogens with zero attached hydrogens (tertiary/aromatic N) is 3. The van der Waals surface area contributed by atoms with Gasteiger partial charge < -0.3 is 62.2 Å². The fraction of sp³-hybridized carbons (Fsp3) is 0.339. The van der Waals surface area contributed by atoms with E-state index in [-0.39, 0.29) is 65.5 Å². The van der Waals surface area contributed by atoms with E-state index < -0.39 is 30.3 Å². The van der Waals surface area contributed by atoms with Crippen LogP contribution in [0.4, 0.5) is 34.1 Å². The summed E-state index contributed by atoms with van der Waals surface area (Å²) in [5.41, 5.74) is 25.3. The molecule has 1 heterocycles. The lowest BCUT2D eigenvalue weighted by atomic mass is 9.85. The Kier molecular flexibility index (Phi) is 61.2. The minimum Gasteiger partial charge on any atom is -0.383 e. The van der Waals surface area contributed by atoms with Gasteiger partial charge in [0.05, 0.1) is 18.0 Å². The lowest BCUT2D eigenvalue weighted by Gasteiger charge is -2.24. The highest BCUT2D eigenvalue weighted by Crippen LogP contribution is 2.28. The monoisotopic (exact) mass is 2090 g/mol. The molecule has 2 aliphatic rings. The Morgan fingerprint density at radius 1 is 0.412 bits per heavy atom. The number of hydrogen-bond acceptors (Lipinski definition) is 18. The van der Waals surface area contributed by atoms with Crippen LogP contribution in [0.5, 0.6) is 0 Å². The first kappa shape index (κ1) is 128.